The number of fused-ring (bicyclic) bond motifs is 10. The van der Waals surface area contributed by atoms with Crippen LogP contribution < -0.4 is 4.90 Å². The largest absolute Gasteiger partial charge is 0.310 e. The van der Waals surface area contributed by atoms with Crippen LogP contribution >= 0.6 is 15.9 Å². The standard InChI is InChI=1S/C53H40BrN/c1-52(2,3)39-31-40(54)33-43(32-39)55(42-29-37(35-16-6-4-7-17-35)28-38(30-42)36-18-8-5-9-19-36)41-26-27-51-47(34-41)46-22-12-15-25-50(46)53(51)48-23-13-10-20-44(48)45-21-11-14-24-49(45)53/h4-34H,1-3H3. The van der Waals surface area contributed by atoms with Crippen LogP contribution in [0.15, 0.2) is 193 Å². The van der Waals surface area contributed by atoms with Crippen molar-refractivity contribution in [2.24, 2.45) is 0 Å². The van der Waals surface area contributed by atoms with Crippen molar-refractivity contribution in [3.05, 3.63) is 220 Å². The van der Waals surface area contributed by atoms with E-state index in [9.17, 15) is 0 Å². The molecular weight excluding hydrogens is 730 g/mol. The maximum absolute atomic E-state index is 3.94. The molecule has 0 bridgehead atoms. The van der Waals surface area contributed by atoms with Gasteiger partial charge >= 0.3 is 0 Å². The average Bonchev–Trinajstić information content (AvgIpc) is 3.68. The number of hydrogen-bond acceptors (Lipinski definition) is 1. The zero-order valence-electron chi connectivity index (χ0n) is 31.2. The fourth-order valence-corrected chi connectivity index (χ4v) is 9.63. The molecule has 55 heavy (non-hydrogen) atoms. The molecule has 0 aliphatic heterocycles. The van der Waals surface area contributed by atoms with Crippen molar-refractivity contribution in [2.75, 3.05) is 4.90 Å². The van der Waals surface area contributed by atoms with Crippen molar-refractivity contribution in [3.8, 4) is 44.5 Å². The molecule has 0 saturated heterocycles. The number of hydrogen-bond donors (Lipinski definition) is 0. The topological polar surface area (TPSA) is 3.24 Å². The smallest absolute Gasteiger partial charge is 0.0725 e. The molecule has 0 atom stereocenters. The Balaban J connectivity index is 1.25. The predicted molar refractivity (Wildman–Crippen MR) is 235 cm³/mol. The van der Waals surface area contributed by atoms with Gasteiger partial charge in [-0.3, -0.25) is 0 Å². The zero-order chi connectivity index (χ0) is 37.3. The van der Waals surface area contributed by atoms with Gasteiger partial charge in [0.25, 0.3) is 0 Å². The molecule has 264 valence electrons. The van der Waals surface area contributed by atoms with Crippen LogP contribution in [0.3, 0.4) is 0 Å². The quantitative estimate of drug-likeness (QED) is 0.168. The maximum Gasteiger partial charge on any atom is 0.0725 e. The van der Waals surface area contributed by atoms with E-state index >= 15 is 0 Å². The first-order valence-corrected chi connectivity index (χ1v) is 19.9. The van der Waals surface area contributed by atoms with Gasteiger partial charge < -0.3 is 4.90 Å². The Morgan fingerprint density at radius 3 is 1.36 bits per heavy atom. The van der Waals surface area contributed by atoms with Gasteiger partial charge in [-0.25, -0.2) is 0 Å². The molecule has 0 saturated carbocycles. The number of rotatable bonds is 5. The summed E-state index contributed by atoms with van der Waals surface area (Å²) < 4.78 is 1.06. The molecule has 2 heteroatoms. The van der Waals surface area contributed by atoms with Gasteiger partial charge in [0.15, 0.2) is 0 Å². The van der Waals surface area contributed by atoms with Gasteiger partial charge in [0.05, 0.1) is 5.41 Å². The Morgan fingerprint density at radius 1 is 0.382 bits per heavy atom. The van der Waals surface area contributed by atoms with Gasteiger partial charge in [0.1, 0.15) is 0 Å². The molecule has 0 N–H and O–H groups in total. The van der Waals surface area contributed by atoms with Gasteiger partial charge in [0.2, 0.25) is 0 Å². The lowest BCUT2D eigenvalue weighted by molar-refractivity contribution is 0.590. The van der Waals surface area contributed by atoms with Gasteiger partial charge in [0, 0.05) is 21.5 Å². The summed E-state index contributed by atoms with van der Waals surface area (Å²) >= 11 is 3.94. The molecule has 0 fully saturated rings. The van der Waals surface area contributed by atoms with Crippen LogP contribution in [0.25, 0.3) is 44.5 Å². The normalized spacial score (nSPS) is 13.2. The summed E-state index contributed by atoms with van der Waals surface area (Å²) in [7, 11) is 0. The Morgan fingerprint density at radius 2 is 0.836 bits per heavy atom. The van der Waals surface area contributed by atoms with Crippen LogP contribution in [0.5, 0.6) is 0 Å². The summed E-state index contributed by atoms with van der Waals surface area (Å²) in [6, 6.07) is 69.7. The fraction of sp³-hybridized carbons (Fsp3) is 0.0943. The van der Waals surface area contributed by atoms with E-state index in [1.165, 1.54) is 72.3 Å². The zero-order valence-corrected chi connectivity index (χ0v) is 32.8. The van der Waals surface area contributed by atoms with E-state index in [0.29, 0.717) is 0 Å². The maximum atomic E-state index is 3.94. The van der Waals surface area contributed by atoms with E-state index in [1.54, 1.807) is 0 Å². The number of anilines is 3. The van der Waals surface area contributed by atoms with Gasteiger partial charge in [-0.2, -0.15) is 0 Å². The van der Waals surface area contributed by atoms with Crippen molar-refractivity contribution >= 4 is 33.0 Å². The average molecular weight is 771 g/mol. The molecule has 10 rings (SSSR count). The molecule has 0 radical (unpaired) electrons. The van der Waals surface area contributed by atoms with Crippen LogP contribution in [0.2, 0.25) is 0 Å². The summed E-state index contributed by atoms with van der Waals surface area (Å²) in [5.41, 5.74) is 19.5. The van der Waals surface area contributed by atoms with Crippen molar-refractivity contribution in [2.45, 2.75) is 31.6 Å². The third kappa shape index (κ3) is 5.34. The molecule has 8 aromatic rings. The molecule has 2 aliphatic carbocycles. The second-order valence-corrected chi connectivity index (χ2v) is 16.8. The molecule has 0 heterocycles. The van der Waals surface area contributed by atoms with E-state index < -0.39 is 0 Å². The van der Waals surface area contributed by atoms with E-state index in [-0.39, 0.29) is 10.8 Å². The number of nitrogens with zero attached hydrogens (tertiary/aromatic N) is 1. The summed E-state index contributed by atoms with van der Waals surface area (Å²) in [6.45, 7) is 6.86. The predicted octanol–water partition coefficient (Wildman–Crippen LogP) is 14.9. The summed E-state index contributed by atoms with van der Waals surface area (Å²) in [4.78, 5) is 2.46. The molecule has 1 nitrogen and oxygen atoms in total. The lowest BCUT2D eigenvalue weighted by atomic mass is 9.70. The highest BCUT2D eigenvalue weighted by Gasteiger charge is 2.51. The number of benzene rings is 8. The first kappa shape index (κ1) is 33.6. The molecular formula is C53H40BrN. The first-order valence-electron chi connectivity index (χ1n) is 19.1. The minimum atomic E-state index is -0.384. The number of halogens is 1. The Bertz CT molecular complexity index is 2650. The minimum absolute atomic E-state index is 0.0439. The van der Waals surface area contributed by atoms with Crippen LogP contribution in [-0.4, -0.2) is 0 Å². The van der Waals surface area contributed by atoms with Gasteiger partial charge in [-0.05, 0) is 126 Å². The molecule has 0 amide bonds. The van der Waals surface area contributed by atoms with Crippen molar-refractivity contribution in [1.29, 1.82) is 0 Å². The van der Waals surface area contributed by atoms with Gasteiger partial charge in [-0.1, -0.05) is 176 Å². The monoisotopic (exact) mass is 769 g/mol. The third-order valence-corrected chi connectivity index (χ3v) is 12.1. The Kier molecular flexibility index (Phi) is 7.83. The summed E-state index contributed by atoms with van der Waals surface area (Å²) in [5.74, 6) is 0. The molecule has 1 spiro atoms. The minimum Gasteiger partial charge on any atom is -0.310 e. The lowest BCUT2D eigenvalue weighted by Gasteiger charge is -2.32. The molecule has 8 aromatic carbocycles. The van der Waals surface area contributed by atoms with Crippen molar-refractivity contribution in [3.63, 3.8) is 0 Å². The highest BCUT2D eigenvalue weighted by molar-refractivity contribution is 9.10. The van der Waals surface area contributed by atoms with Crippen LogP contribution in [0, 0.1) is 0 Å². The van der Waals surface area contributed by atoms with Crippen LogP contribution in [0.1, 0.15) is 48.6 Å². The van der Waals surface area contributed by atoms with Crippen LogP contribution in [-0.2, 0) is 10.8 Å². The molecule has 2 aliphatic rings. The lowest BCUT2D eigenvalue weighted by Crippen LogP contribution is -2.25. The van der Waals surface area contributed by atoms with Crippen molar-refractivity contribution in [1.82, 2.24) is 0 Å². The van der Waals surface area contributed by atoms with Crippen molar-refractivity contribution < 1.29 is 0 Å². The highest BCUT2D eigenvalue weighted by atomic mass is 79.9. The second-order valence-electron chi connectivity index (χ2n) is 15.9. The van der Waals surface area contributed by atoms with E-state index in [4.69, 9.17) is 0 Å². The Hall–Kier alpha value is -5.96. The van der Waals surface area contributed by atoms with E-state index in [2.05, 4.69) is 230 Å². The third-order valence-electron chi connectivity index (χ3n) is 11.6. The van der Waals surface area contributed by atoms with Gasteiger partial charge in [-0.15, -0.1) is 0 Å². The molecule has 0 aromatic heterocycles. The van der Waals surface area contributed by atoms with Crippen LogP contribution in [0.4, 0.5) is 17.1 Å². The molecule has 0 unspecified atom stereocenters. The van der Waals surface area contributed by atoms with E-state index in [1.807, 2.05) is 0 Å². The Labute approximate surface area is 332 Å². The van der Waals surface area contributed by atoms with E-state index in [0.717, 1.165) is 21.5 Å². The highest BCUT2D eigenvalue weighted by Crippen LogP contribution is 2.63. The summed E-state index contributed by atoms with van der Waals surface area (Å²) in [6.07, 6.45) is 0. The SMILES string of the molecule is CC(C)(C)c1cc(Br)cc(N(c2cc(-c3ccccc3)cc(-c3ccccc3)c2)c2ccc3c(c2)-c2ccccc2C32c3ccccc3-c3ccccc32)c1. The fourth-order valence-electron chi connectivity index (χ4n) is 9.14. The first-order chi connectivity index (χ1) is 26.8. The second kappa shape index (κ2) is 12.8. The summed E-state index contributed by atoms with van der Waals surface area (Å²) in [5, 5.41) is 0.